The minimum Gasteiger partial charge on any atom is -0.481 e. The van der Waals surface area contributed by atoms with Gasteiger partial charge in [-0.3, -0.25) is 38.4 Å². The Morgan fingerprint density at radius 2 is 1.57 bits per heavy atom. The fraction of sp³-hybridized carbons (Fsp3) is 0.500. The second-order valence-corrected chi connectivity index (χ2v) is 22.2. The van der Waals surface area contributed by atoms with Crippen molar-refractivity contribution < 1.29 is 91.1 Å². The number of alkyl halides is 2. The highest BCUT2D eigenvalue weighted by Crippen LogP contribution is 2.70. The summed E-state index contributed by atoms with van der Waals surface area (Å²) in [4.78, 5) is 129. The van der Waals surface area contributed by atoms with Crippen molar-refractivity contribution in [1.29, 1.82) is 0 Å². The highest BCUT2D eigenvalue weighted by molar-refractivity contribution is 6.12. The van der Waals surface area contributed by atoms with E-state index in [0.717, 1.165) is 17.7 Å². The fourth-order valence-corrected chi connectivity index (χ4v) is 13.4. The van der Waals surface area contributed by atoms with Crippen molar-refractivity contribution in [3.63, 3.8) is 0 Å². The van der Waals surface area contributed by atoms with E-state index in [-0.39, 0.29) is 60.2 Å². The number of nitrogens with one attached hydrogen (secondary N) is 4. The molecule has 6 amide bonds. The number of benzene rings is 2. The van der Waals surface area contributed by atoms with Crippen molar-refractivity contribution in [3.05, 3.63) is 101 Å². The molecular weight excluding hydrogens is 1050 g/mol. The molecule has 80 heavy (non-hydrogen) atoms. The first kappa shape index (κ1) is 57.2. The molecule has 2 aromatic carbocycles. The molecular formula is C56H61F2N5O17. The average Bonchev–Trinajstić information content (AvgIpc) is 3.92. The molecule has 0 spiro atoms. The molecule has 24 heteroatoms. The maximum atomic E-state index is 14.6. The Balaban J connectivity index is 0.760. The van der Waals surface area contributed by atoms with Gasteiger partial charge in [0.25, 0.3) is 17.7 Å². The quantitative estimate of drug-likeness (QED) is 0.0933. The van der Waals surface area contributed by atoms with E-state index in [1.165, 1.54) is 24.3 Å². The summed E-state index contributed by atoms with van der Waals surface area (Å²) in [6.45, 7) is 2.22. The number of imide groups is 1. The van der Waals surface area contributed by atoms with Crippen molar-refractivity contribution in [2.75, 3.05) is 18.5 Å². The second kappa shape index (κ2) is 22.2. The lowest BCUT2D eigenvalue weighted by atomic mass is 9.46. The molecule has 2 heterocycles. The monoisotopic (exact) mass is 1110 g/mol. The van der Waals surface area contributed by atoms with E-state index in [9.17, 15) is 72.0 Å². The molecule has 0 radical (unpaired) electrons. The molecule has 0 aromatic heterocycles. The minimum atomic E-state index is -3.06. The highest BCUT2D eigenvalue weighted by atomic mass is 19.3. The van der Waals surface area contributed by atoms with Crippen LogP contribution < -0.4 is 21.3 Å². The number of rotatable bonds is 20. The summed E-state index contributed by atoms with van der Waals surface area (Å²) in [5.41, 5.74) is -1.65. The minimum absolute atomic E-state index is 0.00132. The summed E-state index contributed by atoms with van der Waals surface area (Å²) in [6.07, 6.45) is 2.12. The molecule has 4 saturated carbocycles. The zero-order valence-electron chi connectivity index (χ0n) is 43.7. The Hall–Kier alpha value is -7.54. The van der Waals surface area contributed by atoms with Crippen LogP contribution in [0.5, 0.6) is 0 Å². The van der Waals surface area contributed by atoms with Crippen LogP contribution in [0.3, 0.4) is 0 Å². The van der Waals surface area contributed by atoms with Gasteiger partial charge in [-0.2, -0.15) is 0 Å². The van der Waals surface area contributed by atoms with E-state index in [0.29, 0.717) is 36.0 Å². The lowest BCUT2D eigenvalue weighted by Crippen LogP contribution is -2.63. The van der Waals surface area contributed by atoms with Gasteiger partial charge < -0.3 is 55.6 Å². The van der Waals surface area contributed by atoms with Crippen LogP contribution in [-0.2, 0) is 75.2 Å². The maximum Gasteiger partial charge on any atom is 0.407 e. The number of Topliss-reactive ketones (excluding diaryl/α,β-unsaturated/α-hetero) is 1. The van der Waals surface area contributed by atoms with Gasteiger partial charge in [-0.05, 0) is 85.8 Å². The van der Waals surface area contributed by atoms with Crippen molar-refractivity contribution >= 4 is 64.8 Å². The Bertz CT molecular complexity index is 2960. The number of ether oxygens (including phenoxy) is 3. The SMILES string of the molecule is C[C@]12C=CC(=O)C=C1CC[C@@H]1[C@@H]2[C@@H](O)C[C@@]2(C)[C@H]1C[C@H]1OC(c3ccc(CC4(NC(=O)OCc5ccc(NC(=O)[C@H](CCC(=O)O)NC(=O)CNC(=O)CCC(=O)ON6C(=O)C=CC6=O)cc5)CC(F)(F)C4)cc3)O[C@]12C(=O)CO. The largest absolute Gasteiger partial charge is 0.481 e. The number of hydroxylamine groups is 2. The summed E-state index contributed by atoms with van der Waals surface area (Å²) in [7, 11) is 0. The topological polar surface area (TPSA) is 320 Å². The molecule has 5 aliphatic carbocycles. The lowest BCUT2D eigenvalue weighted by Gasteiger charge is -2.59. The number of fused-ring (bicyclic) bond motifs is 7. The first-order valence-electron chi connectivity index (χ1n) is 26.3. The number of carbonyl (C=O) groups is 10. The van der Waals surface area contributed by atoms with Crippen molar-refractivity contribution in [2.24, 2.45) is 28.6 Å². The first-order chi connectivity index (χ1) is 37.9. The van der Waals surface area contributed by atoms with Gasteiger partial charge in [0, 0.05) is 65.8 Å². The standard InChI is InChI=1S/C56H61F2N5O17/c1-52-20-19-35(65)21-33(52)9-12-36-37-22-41-56(40(67)26-64,53(37,2)24-39(66)48(36)52)79-50(78-41)32-7-3-30(4-8-32)23-54(28-55(57,58)29-54)62-51(76)77-27-31-5-10-34(11-6-31)60-49(75)38(13-17-46(72)73)61-43(69)25-59-42(68)14-18-47(74)80-63-44(70)15-16-45(63)71/h3-8,10-11,15-16,19-21,36-39,41,48,50,64,66H,9,12-14,17-18,22-29H2,1-2H3,(H,59,68)(H,60,75)(H,61,69)(H,62,76)(H,72,73)/t36-,37-,38-,39-,41+,48+,50?,52-,53-,56+/m0/s1. The van der Waals surface area contributed by atoms with Crippen LogP contribution in [0.15, 0.2) is 84.5 Å². The number of carbonyl (C=O) groups excluding carboxylic acids is 9. The van der Waals surface area contributed by atoms with E-state index in [1.54, 1.807) is 36.4 Å². The number of aliphatic hydroxyl groups is 2. The predicted molar refractivity (Wildman–Crippen MR) is 270 cm³/mol. The summed E-state index contributed by atoms with van der Waals surface area (Å²) in [6, 6.07) is 11.3. The molecule has 7 N–H and O–H groups in total. The van der Waals surface area contributed by atoms with E-state index >= 15 is 0 Å². The second-order valence-electron chi connectivity index (χ2n) is 22.2. The summed E-state index contributed by atoms with van der Waals surface area (Å²) >= 11 is 0. The number of alkyl carbamates (subject to hydrolysis) is 1. The van der Waals surface area contributed by atoms with E-state index in [1.807, 2.05) is 13.0 Å². The molecule has 1 saturated heterocycles. The normalized spacial score (nSPS) is 29.6. The number of halogens is 2. The van der Waals surface area contributed by atoms with Gasteiger partial charge in [0.2, 0.25) is 17.7 Å². The molecule has 10 atom stereocenters. The van der Waals surface area contributed by atoms with E-state index in [4.69, 9.17) is 14.2 Å². The third-order valence-corrected chi connectivity index (χ3v) is 17.0. The van der Waals surface area contributed by atoms with E-state index < -0.39 is 151 Å². The number of carboxylic acid groups (broad SMARTS) is 1. The maximum absolute atomic E-state index is 14.6. The number of amides is 6. The molecule has 2 aliphatic heterocycles. The van der Waals surface area contributed by atoms with Gasteiger partial charge in [-0.1, -0.05) is 67.0 Å². The molecule has 9 rings (SSSR count). The molecule has 0 bridgehead atoms. The number of aliphatic carboxylic acids is 1. The summed E-state index contributed by atoms with van der Waals surface area (Å²) < 4.78 is 47.9. The van der Waals surface area contributed by atoms with Gasteiger partial charge in [0.05, 0.1) is 30.7 Å². The Morgan fingerprint density at radius 1 is 0.887 bits per heavy atom. The molecule has 22 nitrogen and oxygen atoms in total. The van der Waals surface area contributed by atoms with Gasteiger partial charge in [-0.15, -0.1) is 0 Å². The van der Waals surface area contributed by atoms with Crippen LogP contribution >= 0.6 is 0 Å². The van der Waals surface area contributed by atoms with Gasteiger partial charge in [-0.25, -0.2) is 18.4 Å². The molecule has 2 aromatic rings. The summed E-state index contributed by atoms with van der Waals surface area (Å²) in [5, 5.41) is 41.6. The predicted octanol–water partition coefficient (Wildman–Crippen LogP) is 3.49. The number of ketones is 2. The number of aliphatic hydroxyl groups excluding tert-OH is 2. The smallest absolute Gasteiger partial charge is 0.407 e. The third-order valence-electron chi connectivity index (χ3n) is 17.0. The van der Waals surface area contributed by atoms with Gasteiger partial charge in [0.15, 0.2) is 23.5 Å². The van der Waals surface area contributed by atoms with Crippen molar-refractivity contribution in [2.45, 2.75) is 133 Å². The Labute approximate surface area is 456 Å². The number of carboxylic acids is 1. The third kappa shape index (κ3) is 11.3. The van der Waals surface area contributed by atoms with Crippen molar-refractivity contribution in [1.82, 2.24) is 21.0 Å². The van der Waals surface area contributed by atoms with Crippen LogP contribution in [0.4, 0.5) is 19.3 Å². The number of hydrogen-bond donors (Lipinski definition) is 7. The Kier molecular flexibility index (Phi) is 15.8. The van der Waals surface area contributed by atoms with Gasteiger partial charge >= 0.3 is 18.0 Å². The first-order valence-corrected chi connectivity index (χ1v) is 26.3. The van der Waals surface area contributed by atoms with Crippen LogP contribution in [0.1, 0.15) is 101 Å². The molecule has 7 aliphatic rings. The average molecular weight is 1110 g/mol. The molecule has 1 unspecified atom stereocenters. The van der Waals surface area contributed by atoms with Crippen molar-refractivity contribution in [3.8, 4) is 0 Å². The van der Waals surface area contributed by atoms with Gasteiger partial charge in [0.1, 0.15) is 19.3 Å². The molecule has 426 valence electrons. The lowest BCUT2D eigenvalue weighted by molar-refractivity contribution is -0.201. The van der Waals surface area contributed by atoms with Crippen LogP contribution in [0.25, 0.3) is 0 Å². The zero-order valence-corrected chi connectivity index (χ0v) is 43.7. The van der Waals surface area contributed by atoms with Crippen LogP contribution in [-0.4, -0.2) is 128 Å². The number of anilines is 1. The van der Waals surface area contributed by atoms with Crippen LogP contribution in [0.2, 0.25) is 0 Å². The molecule has 5 fully saturated rings. The van der Waals surface area contributed by atoms with E-state index in [2.05, 4.69) is 33.0 Å². The van der Waals surface area contributed by atoms with Crippen LogP contribution in [0, 0.1) is 28.6 Å². The number of hydrogen-bond acceptors (Lipinski definition) is 16. The Morgan fingerprint density at radius 3 is 2.24 bits per heavy atom. The zero-order chi connectivity index (χ0) is 57.5. The number of nitrogens with zero attached hydrogens (tertiary/aromatic N) is 1. The summed E-state index contributed by atoms with van der Waals surface area (Å²) in [5.74, 6) is -10.6. The number of allylic oxidation sites excluding steroid dienone is 4. The fourth-order valence-electron chi connectivity index (χ4n) is 13.4. The highest BCUT2D eigenvalue weighted by Gasteiger charge is 2.76.